The number of hydrogen-bond donors (Lipinski definition) is 1. The van der Waals surface area contributed by atoms with E-state index in [9.17, 15) is 0 Å². The second-order valence-electron chi connectivity index (χ2n) is 7.53. The van der Waals surface area contributed by atoms with Crippen molar-refractivity contribution in [2.45, 2.75) is 65.0 Å². The van der Waals surface area contributed by atoms with E-state index in [0.717, 1.165) is 12.6 Å². The van der Waals surface area contributed by atoms with Gasteiger partial charge >= 0.3 is 0 Å². The fourth-order valence-corrected chi connectivity index (χ4v) is 3.79. The number of benzene rings is 1. The van der Waals surface area contributed by atoms with Crippen molar-refractivity contribution in [3.05, 3.63) is 29.8 Å². The summed E-state index contributed by atoms with van der Waals surface area (Å²) in [5, 5.41) is 3.77. The summed E-state index contributed by atoms with van der Waals surface area (Å²) in [7, 11) is 0. The summed E-state index contributed by atoms with van der Waals surface area (Å²) < 4.78 is 0. The Balaban J connectivity index is 1.72. The molecule has 0 amide bonds. The Labute approximate surface area is 129 Å². The minimum absolute atomic E-state index is 0.378. The van der Waals surface area contributed by atoms with Crippen LogP contribution in [0.1, 0.15) is 52.0 Å². The van der Waals surface area contributed by atoms with Crippen LogP contribution in [0.15, 0.2) is 24.3 Å². The highest BCUT2D eigenvalue weighted by Gasteiger charge is 2.34. The highest BCUT2D eigenvalue weighted by molar-refractivity contribution is 5.59. The molecule has 1 aliphatic carbocycles. The lowest BCUT2D eigenvalue weighted by Crippen LogP contribution is -2.45. The van der Waals surface area contributed by atoms with Gasteiger partial charge in [-0.15, -0.1) is 0 Å². The van der Waals surface area contributed by atoms with Gasteiger partial charge in [-0.3, -0.25) is 0 Å². The lowest BCUT2D eigenvalue weighted by Gasteiger charge is -2.37. The zero-order chi connectivity index (χ0) is 14.9. The summed E-state index contributed by atoms with van der Waals surface area (Å²) in [5.41, 5.74) is 3.38. The van der Waals surface area contributed by atoms with Crippen molar-refractivity contribution < 1.29 is 0 Å². The van der Waals surface area contributed by atoms with E-state index in [1.165, 1.54) is 49.9 Å². The molecular formula is C19H30N2. The Bertz CT molecular complexity index is 480. The van der Waals surface area contributed by atoms with Crippen LogP contribution in [0, 0.1) is 5.41 Å². The van der Waals surface area contributed by atoms with Crippen molar-refractivity contribution in [1.82, 2.24) is 5.32 Å². The molecule has 0 aromatic heterocycles. The summed E-state index contributed by atoms with van der Waals surface area (Å²) >= 11 is 0. The predicted octanol–water partition coefficient (Wildman–Crippen LogP) is 4.00. The normalized spacial score (nSPS) is 24.0. The van der Waals surface area contributed by atoms with Gasteiger partial charge in [-0.2, -0.15) is 0 Å². The maximum absolute atomic E-state index is 3.77. The molecule has 1 aromatic rings. The molecule has 2 unspecified atom stereocenters. The molecular weight excluding hydrogens is 256 g/mol. The molecule has 116 valence electrons. The topological polar surface area (TPSA) is 15.3 Å². The molecule has 2 aliphatic rings. The van der Waals surface area contributed by atoms with Gasteiger partial charge in [0.2, 0.25) is 0 Å². The molecule has 1 aliphatic heterocycles. The van der Waals surface area contributed by atoms with Gasteiger partial charge < -0.3 is 10.2 Å². The lowest BCUT2D eigenvalue weighted by molar-refractivity contribution is 0.275. The minimum Gasteiger partial charge on any atom is -0.368 e. The first-order valence-corrected chi connectivity index (χ1v) is 8.69. The Kier molecular flexibility index (Phi) is 4.26. The first-order chi connectivity index (χ1) is 10.1. The van der Waals surface area contributed by atoms with E-state index in [0.29, 0.717) is 11.5 Å². The summed E-state index contributed by atoms with van der Waals surface area (Å²) in [5.74, 6) is 0. The van der Waals surface area contributed by atoms with Crippen LogP contribution in [0.25, 0.3) is 0 Å². The van der Waals surface area contributed by atoms with E-state index in [1.54, 1.807) is 0 Å². The largest absolute Gasteiger partial charge is 0.368 e. The van der Waals surface area contributed by atoms with Crippen LogP contribution < -0.4 is 10.2 Å². The summed E-state index contributed by atoms with van der Waals surface area (Å²) in [6, 6.07) is 10.4. The molecule has 0 radical (unpaired) electrons. The van der Waals surface area contributed by atoms with Crippen LogP contribution in [0.5, 0.6) is 0 Å². The van der Waals surface area contributed by atoms with Gasteiger partial charge in [0.15, 0.2) is 0 Å². The first kappa shape index (κ1) is 14.9. The summed E-state index contributed by atoms with van der Waals surface area (Å²) in [6.07, 6.45) is 6.54. The zero-order valence-corrected chi connectivity index (χ0v) is 13.9. The van der Waals surface area contributed by atoms with E-state index < -0.39 is 0 Å². The molecule has 21 heavy (non-hydrogen) atoms. The molecule has 0 saturated heterocycles. The number of para-hydroxylation sites is 1. The second kappa shape index (κ2) is 6.00. The van der Waals surface area contributed by atoms with Crippen molar-refractivity contribution in [2.75, 3.05) is 18.0 Å². The molecule has 1 aromatic carbocycles. The Hall–Kier alpha value is -1.02. The average molecular weight is 286 g/mol. The SMILES string of the molecule is CCCC(C)(CNC1CC1)CN1c2ccccc2CC1C. The summed E-state index contributed by atoms with van der Waals surface area (Å²) in [4.78, 5) is 2.65. The van der Waals surface area contributed by atoms with Gasteiger partial charge in [0.25, 0.3) is 0 Å². The molecule has 0 spiro atoms. The van der Waals surface area contributed by atoms with E-state index in [1.807, 2.05) is 0 Å². The fraction of sp³-hybridized carbons (Fsp3) is 0.684. The van der Waals surface area contributed by atoms with Crippen molar-refractivity contribution in [1.29, 1.82) is 0 Å². The molecule has 2 atom stereocenters. The highest BCUT2D eigenvalue weighted by Crippen LogP contribution is 2.36. The molecule has 1 N–H and O–H groups in total. The molecule has 1 heterocycles. The lowest BCUT2D eigenvalue weighted by atomic mass is 9.84. The van der Waals surface area contributed by atoms with Crippen LogP contribution in [0.3, 0.4) is 0 Å². The van der Waals surface area contributed by atoms with Crippen LogP contribution in [-0.4, -0.2) is 25.2 Å². The van der Waals surface area contributed by atoms with Gasteiger partial charge in [-0.1, -0.05) is 38.5 Å². The fourth-order valence-electron chi connectivity index (χ4n) is 3.79. The van der Waals surface area contributed by atoms with Crippen LogP contribution in [0.4, 0.5) is 5.69 Å². The van der Waals surface area contributed by atoms with Crippen LogP contribution >= 0.6 is 0 Å². The maximum Gasteiger partial charge on any atom is 0.0402 e. The van der Waals surface area contributed by atoms with Gasteiger partial charge in [-0.25, -0.2) is 0 Å². The predicted molar refractivity (Wildman–Crippen MR) is 91.0 cm³/mol. The van der Waals surface area contributed by atoms with E-state index in [-0.39, 0.29) is 0 Å². The molecule has 1 fully saturated rings. The number of nitrogens with one attached hydrogen (secondary N) is 1. The molecule has 3 rings (SSSR count). The quantitative estimate of drug-likeness (QED) is 0.815. The highest BCUT2D eigenvalue weighted by atomic mass is 15.2. The second-order valence-corrected chi connectivity index (χ2v) is 7.53. The van der Waals surface area contributed by atoms with Crippen molar-refractivity contribution >= 4 is 5.69 Å². The van der Waals surface area contributed by atoms with Crippen molar-refractivity contribution in [2.24, 2.45) is 5.41 Å². The summed E-state index contributed by atoms with van der Waals surface area (Å²) in [6.45, 7) is 9.51. The molecule has 2 heteroatoms. The van der Waals surface area contributed by atoms with E-state index >= 15 is 0 Å². The van der Waals surface area contributed by atoms with Gasteiger partial charge in [-0.05, 0) is 49.7 Å². The number of rotatable bonds is 7. The smallest absolute Gasteiger partial charge is 0.0402 e. The number of nitrogens with zero attached hydrogens (tertiary/aromatic N) is 1. The average Bonchev–Trinajstić information content (AvgIpc) is 3.24. The maximum atomic E-state index is 3.77. The monoisotopic (exact) mass is 286 g/mol. The van der Waals surface area contributed by atoms with Crippen LogP contribution in [0.2, 0.25) is 0 Å². The van der Waals surface area contributed by atoms with Crippen LogP contribution in [-0.2, 0) is 6.42 Å². The Morgan fingerprint density at radius 2 is 2.05 bits per heavy atom. The first-order valence-electron chi connectivity index (χ1n) is 8.69. The number of fused-ring (bicyclic) bond motifs is 1. The standard InChI is InChI=1S/C19H30N2/c1-4-11-19(3,13-20-17-9-10-17)14-21-15(2)12-16-7-5-6-8-18(16)21/h5-8,15,17,20H,4,9-14H2,1-3H3. The van der Waals surface area contributed by atoms with Crippen molar-refractivity contribution in [3.8, 4) is 0 Å². The number of anilines is 1. The van der Waals surface area contributed by atoms with Crippen molar-refractivity contribution in [3.63, 3.8) is 0 Å². The minimum atomic E-state index is 0.378. The third-order valence-electron chi connectivity index (χ3n) is 5.15. The van der Waals surface area contributed by atoms with Gasteiger partial charge in [0.05, 0.1) is 0 Å². The third kappa shape index (κ3) is 3.42. The number of hydrogen-bond acceptors (Lipinski definition) is 2. The van der Waals surface area contributed by atoms with Gasteiger partial charge in [0, 0.05) is 30.9 Å². The molecule has 0 bridgehead atoms. The van der Waals surface area contributed by atoms with Gasteiger partial charge in [0.1, 0.15) is 0 Å². The molecule has 1 saturated carbocycles. The Morgan fingerprint density at radius 1 is 1.29 bits per heavy atom. The zero-order valence-electron chi connectivity index (χ0n) is 13.9. The van der Waals surface area contributed by atoms with E-state index in [2.05, 4.69) is 55.3 Å². The third-order valence-corrected chi connectivity index (χ3v) is 5.15. The molecule has 2 nitrogen and oxygen atoms in total. The Morgan fingerprint density at radius 3 is 2.76 bits per heavy atom. The van der Waals surface area contributed by atoms with E-state index in [4.69, 9.17) is 0 Å².